The van der Waals surface area contributed by atoms with Crippen molar-refractivity contribution >= 4 is 23.0 Å². The molecular formula is C23H22FNO4S. The smallest absolute Gasteiger partial charge is 0.316 e. The quantitative estimate of drug-likeness (QED) is 0.378. The number of hydrogen-bond acceptors (Lipinski definition) is 6. The molecule has 5 nitrogen and oxygen atoms in total. The number of methoxy groups -OCH3 is 1. The van der Waals surface area contributed by atoms with Crippen LogP contribution in [-0.2, 0) is 14.9 Å². The maximum atomic E-state index is 13.6. The average molecular weight is 427 g/mol. The van der Waals surface area contributed by atoms with Crippen LogP contribution in [0.25, 0.3) is 21.6 Å². The Bertz CT molecular complexity index is 1070. The third-order valence-corrected chi connectivity index (χ3v) is 6.42. The minimum absolute atomic E-state index is 0.156. The molecule has 1 aliphatic rings. The van der Waals surface area contributed by atoms with Crippen LogP contribution >= 0.6 is 11.3 Å². The molecule has 2 aromatic carbocycles. The number of hydrogen-bond donors (Lipinski definition) is 2. The number of benzene rings is 2. The summed E-state index contributed by atoms with van der Waals surface area (Å²) in [5, 5.41) is 8.85. The Morgan fingerprint density at radius 2 is 1.87 bits per heavy atom. The normalized spacial score (nSPS) is 14.3. The molecule has 3 aromatic rings. The fourth-order valence-electron chi connectivity index (χ4n) is 3.70. The summed E-state index contributed by atoms with van der Waals surface area (Å²) in [6.45, 7) is 2.20. The van der Waals surface area contributed by atoms with Gasteiger partial charge in [-0.25, -0.2) is 0 Å². The predicted molar refractivity (Wildman–Crippen MR) is 115 cm³/mol. The van der Waals surface area contributed by atoms with Gasteiger partial charge in [0.1, 0.15) is 5.75 Å². The van der Waals surface area contributed by atoms with E-state index in [2.05, 4.69) is 0 Å². The summed E-state index contributed by atoms with van der Waals surface area (Å²) < 4.78 is 24.5. The summed E-state index contributed by atoms with van der Waals surface area (Å²) in [6, 6.07) is 14.7. The first-order valence-electron chi connectivity index (χ1n) is 9.68. The Balaban J connectivity index is 1.65. The molecule has 0 aliphatic heterocycles. The molecule has 4 rings (SSSR count). The molecule has 0 atom stereocenters. The molecule has 0 unspecified atom stereocenters. The molecule has 156 valence electrons. The van der Waals surface area contributed by atoms with Gasteiger partial charge in [-0.3, -0.25) is 15.5 Å². The van der Waals surface area contributed by atoms with E-state index in [-0.39, 0.29) is 5.97 Å². The van der Waals surface area contributed by atoms with Gasteiger partial charge in [0.05, 0.1) is 29.7 Å². The highest BCUT2D eigenvalue weighted by atomic mass is 32.1. The van der Waals surface area contributed by atoms with E-state index in [4.69, 9.17) is 9.47 Å². The molecule has 0 amide bonds. The fraction of sp³-hybridized carbons (Fsp3) is 0.261. The first-order chi connectivity index (χ1) is 14.5. The zero-order valence-corrected chi connectivity index (χ0v) is 17.5. The van der Waals surface area contributed by atoms with Gasteiger partial charge in [0.2, 0.25) is 0 Å². The van der Waals surface area contributed by atoms with Gasteiger partial charge < -0.3 is 9.47 Å². The van der Waals surface area contributed by atoms with Gasteiger partial charge in [-0.1, -0.05) is 36.4 Å². The number of carbonyl (C=O) groups excluding carboxylic acids is 1. The first-order valence-corrected chi connectivity index (χ1v) is 10.5. The second-order valence-corrected chi connectivity index (χ2v) is 8.20. The first kappa shape index (κ1) is 20.4. The summed E-state index contributed by atoms with van der Waals surface area (Å²) in [4.78, 5) is 12.9. The lowest BCUT2D eigenvalue weighted by atomic mass is 9.93. The van der Waals surface area contributed by atoms with Crippen LogP contribution in [0.5, 0.6) is 5.75 Å². The molecule has 0 spiro atoms. The molecule has 0 saturated heterocycles. The molecule has 30 heavy (non-hydrogen) atoms. The molecule has 1 aliphatic carbocycles. The summed E-state index contributed by atoms with van der Waals surface area (Å²) in [6.07, 6.45) is 1.61. The SMILES string of the molecule is CCOC(=O)C1(c2ccc(-c3ccc(-c4sc(F)cc4NO)cc3OC)cc2)CC1. The van der Waals surface area contributed by atoms with Gasteiger partial charge >= 0.3 is 5.97 Å². The zero-order valence-electron chi connectivity index (χ0n) is 16.7. The van der Waals surface area contributed by atoms with E-state index in [1.807, 2.05) is 54.9 Å². The van der Waals surface area contributed by atoms with Crippen molar-refractivity contribution in [3.63, 3.8) is 0 Å². The van der Waals surface area contributed by atoms with Crippen molar-refractivity contribution in [3.8, 4) is 27.3 Å². The minimum atomic E-state index is -0.501. The standard InChI is InChI=1S/C23H22FNO4S/c1-3-29-22(26)23(10-11-23)16-7-4-14(5-8-16)17-9-6-15(12-19(17)28-2)21-18(25-27)13-20(24)30-21/h4-9,12-13,25,27H,3,10-11H2,1-2H3. The number of rotatable bonds is 7. The number of carbonyl (C=O) groups is 1. The maximum absolute atomic E-state index is 13.6. The van der Waals surface area contributed by atoms with Gasteiger partial charge in [-0.15, -0.1) is 11.3 Å². The lowest BCUT2D eigenvalue weighted by Crippen LogP contribution is -2.23. The number of esters is 1. The van der Waals surface area contributed by atoms with Crippen molar-refractivity contribution in [1.29, 1.82) is 0 Å². The number of thiophene rings is 1. The van der Waals surface area contributed by atoms with Crippen LogP contribution in [0.1, 0.15) is 25.3 Å². The zero-order chi connectivity index (χ0) is 21.3. The Labute approximate surface area is 178 Å². The Hall–Kier alpha value is -2.90. The van der Waals surface area contributed by atoms with E-state index in [0.717, 1.165) is 46.4 Å². The number of ether oxygens (including phenoxy) is 2. The molecule has 7 heteroatoms. The summed E-state index contributed by atoms with van der Waals surface area (Å²) in [7, 11) is 1.58. The topological polar surface area (TPSA) is 67.8 Å². The number of anilines is 1. The van der Waals surface area contributed by atoms with Crippen LogP contribution in [0.2, 0.25) is 0 Å². The Morgan fingerprint density at radius 1 is 1.17 bits per heavy atom. The molecule has 0 bridgehead atoms. The van der Waals surface area contributed by atoms with Crippen LogP contribution in [0, 0.1) is 5.13 Å². The average Bonchev–Trinajstić information content (AvgIpc) is 3.50. The summed E-state index contributed by atoms with van der Waals surface area (Å²) in [5.74, 6) is 0.473. The highest BCUT2D eigenvalue weighted by molar-refractivity contribution is 7.14. The van der Waals surface area contributed by atoms with Crippen LogP contribution in [0.15, 0.2) is 48.5 Å². The van der Waals surface area contributed by atoms with Gasteiger partial charge in [0, 0.05) is 11.6 Å². The lowest BCUT2D eigenvalue weighted by Gasteiger charge is -2.16. The van der Waals surface area contributed by atoms with E-state index in [1.54, 1.807) is 7.11 Å². The van der Waals surface area contributed by atoms with Crippen LogP contribution in [0.4, 0.5) is 10.1 Å². The van der Waals surface area contributed by atoms with E-state index < -0.39 is 10.5 Å². The van der Waals surface area contributed by atoms with Crippen molar-refractivity contribution in [1.82, 2.24) is 0 Å². The largest absolute Gasteiger partial charge is 0.496 e. The van der Waals surface area contributed by atoms with Gasteiger partial charge in [-0.2, -0.15) is 4.39 Å². The monoisotopic (exact) mass is 427 g/mol. The van der Waals surface area contributed by atoms with Crippen LogP contribution in [-0.4, -0.2) is 24.9 Å². The van der Waals surface area contributed by atoms with Gasteiger partial charge in [0.25, 0.3) is 0 Å². The highest BCUT2D eigenvalue weighted by Gasteiger charge is 2.52. The maximum Gasteiger partial charge on any atom is 0.316 e. The van der Waals surface area contributed by atoms with Crippen molar-refractivity contribution in [2.45, 2.75) is 25.2 Å². The number of nitrogens with one attached hydrogen (secondary N) is 1. The van der Waals surface area contributed by atoms with Gasteiger partial charge in [-0.05, 0) is 42.5 Å². The molecular weight excluding hydrogens is 405 g/mol. The van der Waals surface area contributed by atoms with E-state index >= 15 is 0 Å². The van der Waals surface area contributed by atoms with Crippen molar-refractivity contribution in [2.75, 3.05) is 19.2 Å². The molecule has 0 radical (unpaired) electrons. The molecule has 1 heterocycles. The molecule has 1 aromatic heterocycles. The fourth-order valence-corrected chi connectivity index (χ4v) is 4.53. The second kappa shape index (κ2) is 8.08. The third kappa shape index (κ3) is 3.55. The van der Waals surface area contributed by atoms with E-state index in [1.165, 1.54) is 6.07 Å². The van der Waals surface area contributed by atoms with E-state index in [9.17, 15) is 14.4 Å². The summed E-state index contributed by atoms with van der Waals surface area (Å²) >= 11 is 0.943. The predicted octanol–water partition coefficient (Wildman–Crippen LogP) is 5.63. The highest BCUT2D eigenvalue weighted by Crippen LogP contribution is 2.49. The minimum Gasteiger partial charge on any atom is -0.496 e. The lowest BCUT2D eigenvalue weighted by molar-refractivity contribution is -0.146. The van der Waals surface area contributed by atoms with Gasteiger partial charge in [0.15, 0.2) is 5.13 Å². The van der Waals surface area contributed by atoms with Crippen LogP contribution < -0.4 is 10.2 Å². The molecule has 2 N–H and O–H groups in total. The van der Waals surface area contributed by atoms with Crippen molar-refractivity contribution in [2.24, 2.45) is 0 Å². The Morgan fingerprint density at radius 3 is 2.47 bits per heavy atom. The second-order valence-electron chi connectivity index (χ2n) is 7.20. The summed E-state index contributed by atoms with van der Waals surface area (Å²) in [5.41, 5.74) is 5.37. The third-order valence-electron chi connectivity index (χ3n) is 5.45. The number of halogens is 1. The van der Waals surface area contributed by atoms with Crippen molar-refractivity contribution < 1.29 is 23.9 Å². The molecule has 1 saturated carbocycles. The molecule has 1 fully saturated rings. The van der Waals surface area contributed by atoms with E-state index in [0.29, 0.717) is 22.9 Å². The van der Waals surface area contributed by atoms with Crippen molar-refractivity contribution in [3.05, 3.63) is 59.2 Å². The van der Waals surface area contributed by atoms with Crippen LogP contribution in [0.3, 0.4) is 0 Å². The Kier molecular flexibility index (Phi) is 5.49.